The minimum absolute atomic E-state index is 0.361. The molecule has 1 aromatic rings. The van der Waals surface area contributed by atoms with Crippen molar-refractivity contribution in [3.05, 3.63) is 41.3 Å². The number of anilines is 1. The number of allylic oxidation sites excluding steroid dienone is 1. The van der Waals surface area contributed by atoms with E-state index in [1.54, 1.807) is 24.3 Å². The highest BCUT2D eigenvalue weighted by molar-refractivity contribution is 7.93. The summed E-state index contributed by atoms with van der Waals surface area (Å²) in [6, 6.07) is 6.26. The lowest BCUT2D eigenvalue weighted by atomic mass is 10.1. The average Bonchev–Trinajstić information content (AvgIpc) is 2.14. The first kappa shape index (κ1) is 11.5. The zero-order valence-corrected chi connectivity index (χ0v) is 8.99. The van der Waals surface area contributed by atoms with Crippen LogP contribution < -0.4 is 5.73 Å². The van der Waals surface area contributed by atoms with Crippen molar-refractivity contribution in [1.82, 2.24) is 0 Å². The molecule has 4 nitrogen and oxygen atoms in total. The Balaban J connectivity index is 2.87. The smallest absolute Gasteiger partial charge is 0.186 e. The third-order valence-corrected chi connectivity index (χ3v) is 2.29. The molecule has 0 spiro atoms. The van der Waals surface area contributed by atoms with Crippen LogP contribution in [0.4, 0.5) is 5.69 Å². The lowest BCUT2D eigenvalue weighted by Crippen LogP contribution is -1.97. The van der Waals surface area contributed by atoms with E-state index in [0.29, 0.717) is 11.3 Å². The molecule has 0 saturated carbocycles. The van der Waals surface area contributed by atoms with Crippen molar-refractivity contribution in [1.29, 1.82) is 0 Å². The van der Waals surface area contributed by atoms with Crippen LogP contribution in [0.15, 0.2) is 35.7 Å². The highest BCUT2D eigenvalue weighted by atomic mass is 32.2. The summed E-state index contributed by atoms with van der Waals surface area (Å²) in [5.74, 6) is -0.361. The fourth-order valence-electron chi connectivity index (χ4n) is 0.929. The zero-order valence-electron chi connectivity index (χ0n) is 8.17. The van der Waals surface area contributed by atoms with Gasteiger partial charge in [-0.2, -0.15) is 0 Å². The molecule has 1 rings (SSSR count). The Hall–Kier alpha value is -1.62. The maximum atomic E-state index is 11.4. The summed E-state index contributed by atoms with van der Waals surface area (Å²) < 4.78 is 21.5. The van der Waals surface area contributed by atoms with E-state index in [1.165, 1.54) is 0 Å². The molecule has 0 bridgehead atoms. The van der Waals surface area contributed by atoms with Gasteiger partial charge in [0.2, 0.25) is 0 Å². The number of hydrogen-bond acceptors (Lipinski definition) is 4. The van der Waals surface area contributed by atoms with E-state index in [9.17, 15) is 13.2 Å². The van der Waals surface area contributed by atoms with Crippen LogP contribution in [-0.4, -0.2) is 20.5 Å². The molecule has 1 aromatic carbocycles. The van der Waals surface area contributed by atoms with Gasteiger partial charge in [0.25, 0.3) is 0 Å². The van der Waals surface area contributed by atoms with Gasteiger partial charge in [-0.05, 0) is 30.3 Å². The normalized spacial score (nSPS) is 11.8. The first-order valence-corrected chi connectivity index (χ1v) is 6.12. The molecule has 5 heteroatoms. The second kappa shape index (κ2) is 4.27. The second-order valence-electron chi connectivity index (χ2n) is 3.12. The van der Waals surface area contributed by atoms with Crippen molar-refractivity contribution < 1.29 is 13.2 Å². The summed E-state index contributed by atoms with van der Waals surface area (Å²) >= 11 is 0. The van der Waals surface area contributed by atoms with Crippen molar-refractivity contribution >= 4 is 21.3 Å². The van der Waals surface area contributed by atoms with Crippen LogP contribution in [0.25, 0.3) is 0 Å². The SMILES string of the molecule is CS(=O)(=O)C=CC(=O)c1ccc(N)cc1. The van der Waals surface area contributed by atoms with Gasteiger partial charge in [0.05, 0.1) is 0 Å². The zero-order chi connectivity index (χ0) is 11.5. The molecule has 0 aromatic heterocycles. The van der Waals surface area contributed by atoms with Crippen LogP contribution in [-0.2, 0) is 9.84 Å². The Labute approximate surface area is 88.3 Å². The summed E-state index contributed by atoms with van der Waals surface area (Å²) in [6.45, 7) is 0. The van der Waals surface area contributed by atoms with Crippen LogP contribution in [0.2, 0.25) is 0 Å². The summed E-state index contributed by atoms with van der Waals surface area (Å²) in [5.41, 5.74) is 6.41. The van der Waals surface area contributed by atoms with Crippen LogP contribution in [0.1, 0.15) is 10.4 Å². The number of nitrogen functional groups attached to an aromatic ring is 1. The largest absolute Gasteiger partial charge is 0.399 e. The summed E-state index contributed by atoms with van der Waals surface area (Å²) in [4.78, 5) is 11.4. The standard InChI is InChI=1S/C10H11NO3S/c1-15(13,14)7-6-10(12)8-2-4-9(11)5-3-8/h2-7H,11H2,1H3. The van der Waals surface area contributed by atoms with Gasteiger partial charge < -0.3 is 5.73 Å². The molecule has 15 heavy (non-hydrogen) atoms. The number of nitrogens with two attached hydrogens (primary N) is 1. The van der Waals surface area contributed by atoms with E-state index in [4.69, 9.17) is 5.73 Å². The summed E-state index contributed by atoms with van der Waals surface area (Å²) in [7, 11) is -3.26. The van der Waals surface area contributed by atoms with Crippen molar-refractivity contribution in [2.24, 2.45) is 0 Å². The van der Waals surface area contributed by atoms with E-state index >= 15 is 0 Å². The maximum Gasteiger partial charge on any atom is 0.186 e. The van der Waals surface area contributed by atoms with Crippen LogP contribution in [0.5, 0.6) is 0 Å². The molecule has 0 heterocycles. The molecule has 2 N–H and O–H groups in total. The van der Waals surface area contributed by atoms with E-state index in [1.807, 2.05) is 0 Å². The number of carbonyl (C=O) groups excluding carboxylic acids is 1. The molecule has 0 saturated heterocycles. The van der Waals surface area contributed by atoms with Crippen LogP contribution >= 0.6 is 0 Å². The third-order valence-electron chi connectivity index (χ3n) is 1.66. The minimum atomic E-state index is -3.26. The fraction of sp³-hybridized carbons (Fsp3) is 0.100. The fourth-order valence-corrected chi connectivity index (χ4v) is 1.30. The Bertz CT molecular complexity index is 486. The predicted octanol–water partition coefficient (Wildman–Crippen LogP) is 1.01. The molecule has 0 fully saturated rings. The minimum Gasteiger partial charge on any atom is -0.399 e. The van der Waals surface area contributed by atoms with Gasteiger partial charge in [-0.3, -0.25) is 4.79 Å². The average molecular weight is 225 g/mol. The van der Waals surface area contributed by atoms with Gasteiger partial charge in [-0.25, -0.2) is 8.42 Å². The number of rotatable bonds is 3. The van der Waals surface area contributed by atoms with Crippen molar-refractivity contribution in [2.75, 3.05) is 12.0 Å². The monoisotopic (exact) mass is 225 g/mol. The van der Waals surface area contributed by atoms with Gasteiger partial charge >= 0.3 is 0 Å². The van der Waals surface area contributed by atoms with E-state index in [0.717, 1.165) is 17.7 Å². The first-order chi connectivity index (χ1) is 6.88. The molecule has 80 valence electrons. The van der Waals surface area contributed by atoms with Gasteiger partial charge in [-0.1, -0.05) is 0 Å². The molecule has 0 aliphatic carbocycles. The second-order valence-corrected chi connectivity index (χ2v) is 5.05. The molecular weight excluding hydrogens is 214 g/mol. The molecule has 0 unspecified atom stereocenters. The molecule has 0 aliphatic rings. The van der Waals surface area contributed by atoms with Gasteiger partial charge in [-0.15, -0.1) is 0 Å². The Morgan fingerprint density at radius 2 is 1.80 bits per heavy atom. The van der Waals surface area contributed by atoms with E-state index in [2.05, 4.69) is 0 Å². The summed E-state index contributed by atoms with van der Waals surface area (Å²) in [6.07, 6.45) is 2.06. The van der Waals surface area contributed by atoms with E-state index < -0.39 is 9.84 Å². The van der Waals surface area contributed by atoms with E-state index in [-0.39, 0.29) is 5.78 Å². The first-order valence-electron chi connectivity index (χ1n) is 4.16. The number of ketones is 1. The number of benzene rings is 1. The topological polar surface area (TPSA) is 77.2 Å². The van der Waals surface area contributed by atoms with Gasteiger partial charge in [0, 0.05) is 22.9 Å². The predicted molar refractivity (Wildman–Crippen MR) is 59.2 cm³/mol. The number of sulfone groups is 1. The number of carbonyl (C=O) groups is 1. The molecule has 0 radical (unpaired) electrons. The highest BCUT2D eigenvalue weighted by Crippen LogP contribution is 2.06. The Morgan fingerprint density at radius 1 is 1.27 bits per heavy atom. The maximum absolute atomic E-state index is 11.4. The van der Waals surface area contributed by atoms with Crippen LogP contribution in [0.3, 0.4) is 0 Å². The lowest BCUT2D eigenvalue weighted by Gasteiger charge is -1.96. The molecular formula is C10H11NO3S. The van der Waals surface area contributed by atoms with Gasteiger partial charge in [0.1, 0.15) is 0 Å². The van der Waals surface area contributed by atoms with Crippen molar-refractivity contribution in [3.8, 4) is 0 Å². The molecule has 0 amide bonds. The third kappa shape index (κ3) is 3.95. The molecule has 0 atom stereocenters. The lowest BCUT2D eigenvalue weighted by molar-refractivity contribution is 0.104. The van der Waals surface area contributed by atoms with Gasteiger partial charge in [0.15, 0.2) is 15.6 Å². The quantitative estimate of drug-likeness (QED) is 0.473. The van der Waals surface area contributed by atoms with Crippen molar-refractivity contribution in [2.45, 2.75) is 0 Å². The van der Waals surface area contributed by atoms with Crippen molar-refractivity contribution in [3.63, 3.8) is 0 Å². The number of hydrogen-bond donors (Lipinski definition) is 1. The highest BCUT2D eigenvalue weighted by Gasteiger charge is 2.02. The van der Waals surface area contributed by atoms with Crippen LogP contribution in [0, 0.1) is 0 Å². The Kier molecular flexibility index (Phi) is 3.26. The molecule has 0 aliphatic heterocycles. The summed E-state index contributed by atoms with van der Waals surface area (Å²) in [5, 5.41) is 0.881. The Morgan fingerprint density at radius 3 is 2.27 bits per heavy atom.